The van der Waals surface area contributed by atoms with Gasteiger partial charge >= 0.3 is 0 Å². The molecule has 0 saturated carbocycles. The second kappa shape index (κ2) is 7.47. The molecule has 4 rings (SSSR count). The Kier molecular flexibility index (Phi) is 4.70. The first-order valence-electron chi connectivity index (χ1n) is 8.37. The highest BCUT2D eigenvalue weighted by molar-refractivity contribution is 6.31. The molecule has 0 bridgehead atoms. The van der Waals surface area contributed by atoms with E-state index in [9.17, 15) is 4.79 Å². The lowest BCUT2D eigenvalue weighted by atomic mass is 10.2. The van der Waals surface area contributed by atoms with Crippen molar-refractivity contribution in [2.45, 2.75) is 6.54 Å². The van der Waals surface area contributed by atoms with Crippen LogP contribution in [0.15, 0.2) is 59.4 Å². The van der Waals surface area contributed by atoms with Gasteiger partial charge < -0.3 is 5.32 Å². The maximum Gasteiger partial charge on any atom is 0.274 e. The first kappa shape index (κ1) is 17.6. The Hall–Kier alpha value is -3.76. The number of fused-ring (bicyclic) bond motifs is 1. The van der Waals surface area contributed by atoms with Crippen molar-refractivity contribution < 1.29 is 4.79 Å². The number of nitrogens with zero attached hydrogens (tertiary/aromatic N) is 4. The molecule has 0 radical (unpaired) electrons. The number of pyridine rings is 2. The average molecular weight is 389 g/mol. The van der Waals surface area contributed by atoms with Gasteiger partial charge in [0.25, 0.3) is 5.91 Å². The van der Waals surface area contributed by atoms with E-state index in [4.69, 9.17) is 16.9 Å². The summed E-state index contributed by atoms with van der Waals surface area (Å²) in [6.45, 7) is 0.340. The number of hydrogen-bond donors (Lipinski definition) is 2. The van der Waals surface area contributed by atoms with Gasteiger partial charge in [0.05, 0.1) is 28.8 Å². The summed E-state index contributed by atoms with van der Waals surface area (Å²) in [5.41, 5.74) is 3.44. The number of nitriles is 1. The quantitative estimate of drug-likeness (QED) is 0.671. The lowest BCUT2D eigenvalue weighted by Crippen LogP contribution is -2.25. The van der Waals surface area contributed by atoms with E-state index in [2.05, 4.69) is 25.6 Å². The van der Waals surface area contributed by atoms with Crippen LogP contribution >= 0.6 is 11.6 Å². The molecule has 1 amide bonds. The van der Waals surface area contributed by atoms with Gasteiger partial charge in [-0.05, 0) is 35.9 Å². The minimum Gasteiger partial charge on any atom is -0.321 e. The van der Waals surface area contributed by atoms with Crippen molar-refractivity contribution in [3.63, 3.8) is 0 Å². The third-order valence-corrected chi connectivity index (χ3v) is 4.44. The average Bonchev–Trinajstić information content (AvgIpc) is 3.06. The summed E-state index contributed by atoms with van der Waals surface area (Å²) in [5, 5.41) is 15.2. The third kappa shape index (κ3) is 3.68. The Morgan fingerprint density at radius 3 is 2.86 bits per heavy atom. The van der Waals surface area contributed by atoms with E-state index in [0.29, 0.717) is 45.5 Å². The lowest BCUT2D eigenvalue weighted by Gasteiger charge is -2.01. The zero-order valence-corrected chi connectivity index (χ0v) is 15.2. The Balaban J connectivity index is 1.56. The van der Waals surface area contributed by atoms with Crippen LogP contribution in [0.2, 0.25) is 5.02 Å². The van der Waals surface area contributed by atoms with Crippen LogP contribution in [0.4, 0.5) is 0 Å². The number of benzene rings is 1. The van der Waals surface area contributed by atoms with Crippen molar-refractivity contribution in [3.8, 4) is 6.07 Å². The molecule has 136 valence electrons. The fourth-order valence-corrected chi connectivity index (χ4v) is 2.87. The SMILES string of the molecule is N#Cc1cnc2ccc(/C=C3/NC(=NCc4ccccc4Cl)NC3=O)nc2c1. The number of rotatable bonds is 3. The number of carbonyl (C=O) groups is 1. The van der Waals surface area contributed by atoms with Gasteiger partial charge in [-0.2, -0.15) is 5.26 Å². The number of amides is 1. The first-order valence-corrected chi connectivity index (χ1v) is 8.75. The van der Waals surface area contributed by atoms with Crippen molar-refractivity contribution in [2.24, 2.45) is 4.99 Å². The molecule has 28 heavy (non-hydrogen) atoms. The zero-order chi connectivity index (χ0) is 19.5. The van der Waals surface area contributed by atoms with E-state index in [1.165, 1.54) is 6.20 Å². The van der Waals surface area contributed by atoms with Gasteiger partial charge in [0.2, 0.25) is 5.96 Å². The van der Waals surface area contributed by atoms with Gasteiger partial charge in [-0.25, -0.2) is 9.98 Å². The molecular formula is C20H13ClN6O. The molecular weight excluding hydrogens is 376 g/mol. The second-order valence-electron chi connectivity index (χ2n) is 6.00. The number of aromatic nitrogens is 2. The molecule has 1 aliphatic heterocycles. The summed E-state index contributed by atoms with van der Waals surface area (Å²) in [4.78, 5) is 25.2. The molecule has 3 aromatic rings. The van der Waals surface area contributed by atoms with Crippen LogP contribution in [-0.2, 0) is 11.3 Å². The van der Waals surface area contributed by atoms with Gasteiger partial charge in [0.15, 0.2) is 0 Å². The summed E-state index contributed by atoms with van der Waals surface area (Å²) >= 11 is 6.12. The minimum atomic E-state index is -0.302. The molecule has 8 heteroatoms. The molecule has 0 aliphatic carbocycles. The van der Waals surface area contributed by atoms with E-state index in [1.807, 2.05) is 24.3 Å². The molecule has 1 aromatic carbocycles. The summed E-state index contributed by atoms with van der Waals surface area (Å²) in [5.74, 6) is 0.0501. The van der Waals surface area contributed by atoms with Crippen LogP contribution in [0.5, 0.6) is 0 Å². The van der Waals surface area contributed by atoms with Crippen LogP contribution in [0, 0.1) is 11.3 Å². The number of nitrogens with one attached hydrogen (secondary N) is 2. The highest BCUT2D eigenvalue weighted by Gasteiger charge is 2.21. The number of aliphatic imine (C=N–C) groups is 1. The molecule has 1 fully saturated rings. The second-order valence-corrected chi connectivity index (χ2v) is 6.41. The number of hydrogen-bond acceptors (Lipinski definition) is 5. The van der Waals surface area contributed by atoms with E-state index >= 15 is 0 Å². The monoisotopic (exact) mass is 388 g/mol. The molecule has 7 nitrogen and oxygen atoms in total. The predicted molar refractivity (Wildman–Crippen MR) is 106 cm³/mol. The first-order chi connectivity index (χ1) is 13.6. The Labute approximate surface area is 165 Å². The molecule has 3 heterocycles. The van der Waals surface area contributed by atoms with Crippen LogP contribution in [0.3, 0.4) is 0 Å². The standard InChI is InChI=1S/C20H13ClN6O/c21-15-4-2-1-3-13(15)11-24-20-26-18(19(28)27-20)8-14-5-6-16-17(25-14)7-12(9-22)10-23-16/h1-8,10H,11H2,(H2,24,26,27,28)/b18-8+. The summed E-state index contributed by atoms with van der Waals surface area (Å²) in [7, 11) is 0. The highest BCUT2D eigenvalue weighted by Crippen LogP contribution is 2.16. The number of guanidine groups is 1. The summed E-state index contributed by atoms with van der Waals surface area (Å²) < 4.78 is 0. The van der Waals surface area contributed by atoms with Gasteiger partial charge in [-0.3, -0.25) is 15.1 Å². The largest absolute Gasteiger partial charge is 0.321 e. The Bertz CT molecular complexity index is 1190. The van der Waals surface area contributed by atoms with Crippen molar-refractivity contribution in [1.82, 2.24) is 20.6 Å². The van der Waals surface area contributed by atoms with E-state index < -0.39 is 0 Å². The Morgan fingerprint density at radius 2 is 2.04 bits per heavy atom. The van der Waals surface area contributed by atoms with E-state index in [0.717, 1.165) is 5.56 Å². The number of carbonyl (C=O) groups excluding carboxylic acids is 1. The van der Waals surface area contributed by atoms with Crippen LogP contribution in [-0.4, -0.2) is 21.8 Å². The fraction of sp³-hybridized carbons (Fsp3) is 0.0500. The minimum absolute atomic E-state index is 0.302. The smallest absolute Gasteiger partial charge is 0.274 e. The van der Waals surface area contributed by atoms with Crippen molar-refractivity contribution in [2.75, 3.05) is 0 Å². The summed E-state index contributed by atoms with van der Waals surface area (Å²) in [6, 6.07) is 14.6. The molecule has 0 spiro atoms. The van der Waals surface area contributed by atoms with Crippen LogP contribution in [0.25, 0.3) is 17.1 Å². The molecule has 2 N–H and O–H groups in total. The van der Waals surface area contributed by atoms with E-state index in [-0.39, 0.29) is 5.91 Å². The van der Waals surface area contributed by atoms with Crippen LogP contribution < -0.4 is 10.6 Å². The lowest BCUT2D eigenvalue weighted by molar-refractivity contribution is -0.115. The highest BCUT2D eigenvalue weighted by atomic mass is 35.5. The Morgan fingerprint density at radius 1 is 1.18 bits per heavy atom. The topological polar surface area (TPSA) is 103 Å². The van der Waals surface area contributed by atoms with Gasteiger partial charge in [0, 0.05) is 11.2 Å². The van der Waals surface area contributed by atoms with Crippen molar-refractivity contribution >= 4 is 40.6 Å². The predicted octanol–water partition coefficient (Wildman–Crippen LogP) is 2.77. The zero-order valence-electron chi connectivity index (χ0n) is 14.5. The third-order valence-electron chi connectivity index (χ3n) is 4.08. The maximum absolute atomic E-state index is 12.2. The molecule has 0 unspecified atom stereocenters. The number of halogens is 1. The van der Waals surface area contributed by atoms with Gasteiger partial charge in [0.1, 0.15) is 11.8 Å². The van der Waals surface area contributed by atoms with Crippen molar-refractivity contribution in [3.05, 3.63) is 76.2 Å². The van der Waals surface area contributed by atoms with Gasteiger partial charge in [-0.1, -0.05) is 29.8 Å². The molecule has 2 aromatic heterocycles. The summed E-state index contributed by atoms with van der Waals surface area (Å²) in [6.07, 6.45) is 3.11. The maximum atomic E-state index is 12.2. The fourth-order valence-electron chi connectivity index (χ4n) is 2.67. The van der Waals surface area contributed by atoms with Crippen LogP contribution in [0.1, 0.15) is 16.8 Å². The van der Waals surface area contributed by atoms with Gasteiger partial charge in [-0.15, -0.1) is 0 Å². The molecule has 1 saturated heterocycles. The van der Waals surface area contributed by atoms with E-state index in [1.54, 1.807) is 30.3 Å². The molecule has 1 aliphatic rings. The molecule has 0 atom stereocenters. The normalized spacial score (nSPS) is 16.2. The van der Waals surface area contributed by atoms with Crippen molar-refractivity contribution in [1.29, 1.82) is 5.26 Å².